The van der Waals surface area contributed by atoms with E-state index in [1.54, 1.807) is 0 Å². The van der Waals surface area contributed by atoms with Gasteiger partial charge in [-0.15, -0.1) is 0 Å². The Kier molecular flexibility index (Phi) is 6.11. The minimum absolute atomic E-state index is 0.0870. The van der Waals surface area contributed by atoms with Crippen molar-refractivity contribution in [1.29, 1.82) is 0 Å². The lowest BCUT2D eigenvalue weighted by atomic mass is 10.1. The summed E-state index contributed by atoms with van der Waals surface area (Å²) < 4.78 is 0. The van der Waals surface area contributed by atoms with E-state index in [4.69, 9.17) is 5.11 Å². The number of carbonyl (C=O) groups excluding carboxylic acids is 2. The molecule has 0 aliphatic carbocycles. The summed E-state index contributed by atoms with van der Waals surface area (Å²) in [7, 11) is 0. The Hall–Kier alpha value is -1.79. The fraction of sp³-hybridized carbons (Fsp3) is 0.750. The monoisotopic (exact) mass is 271 g/mol. The number of carbonyl (C=O) groups is 3. The topological polar surface area (TPSA) is 98.7 Å². The zero-order valence-electron chi connectivity index (χ0n) is 11.1. The third-order valence-corrected chi connectivity index (χ3v) is 3.04. The number of hydrogen-bond acceptors (Lipinski definition) is 3. The summed E-state index contributed by atoms with van der Waals surface area (Å²) in [6.07, 6.45) is 2.29. The van der Waals surface area contributed by atoms with Gasteiger partial charge >= 0.3 is 12.0 Å². The summed E-state index contributed by atoms with van der Waals surface area (Å²) in [5.41, 5.74) is 0. The third kappa shape index (κ3) is 5.15. The van der Waals surface area contributed by atoms with Gasteiger partial charge in [0.1, 0.15) is 6.04 Å². The molecule has 0 bridgehead atoms. The van der Waals surface area contributed by atoms with E-state index >= 15 is 0 Å². The second-order valence-corrected chi connectivity index (χ2v) is 4.57. The zero-order valence-corrected chi connectivity index (χ0v) is 11.1. The molecule has 0 spiro atoms. The lowest BCUT2D eigenvalue weighted by Crippen LogP contribution is -2.48. The van der Waals surface area contributed by atoms with Crippen LogP contribution in [0.1, 0.15) is 32.6 Å². The number of aliphatic carboxylic acids is 1. The van der Waals surface area contributed by atoms with E-state index in [0.29, 0.717) is 26.1 Å². The second-order valence-electron chi connectivity index (χ2n) is 4.57. The first kappa shape index (κ1) is 15.3. The molecule has 0 aromatic rings. The predicted octanol–water partition coefficient (Wildman–Crippen LogP) is 0.161. The van der Waals surface area contributed by atoms with Gasteiger partial charge in [-0.3, -0.25) is 4.79 Å². The molecular weight excluding hydrogens is 250 g/mol. The van der Waals surface area contributed by atoms with Gasteiger partial charge in [0.25, 0.3) is 0 Å². The molecule has 1 aliphatic rings. The largest absolute Gasteiger partial charge is 0.480 e. The number of unbranched alkanes of at least 4 members (excludes halogenated alkanes) is 1. The van der Waals surface area contributed by atoms with Crippen LogP contribution < -0.4 is 10.6 Å². The number of rotatable bonds is 5. The minimum atomic E-state index is -1.02. The van der Waals surface area contributed by atoms with E-state index in [1.807, 2.05) is 6.92 Å². The molecule has 1 heterocycles. The molecule has 1 fully saturated rings. The van der Waals surface area contributed by atoms with Crippen molar-refractivity contribution in [3.63, 3.8) is 0 Å². The lowest BCUT2D eigenvalue weighted by Gasteiger charge is -2.23. The molecule has 1 aliphatic heterocycles. The highest BCUT2D eigenvalue weighted by molar-refractivity contribution is 5.83. The lowest BCUT2D eigenvalue weighted by molar-refractivity contribution is -0.139. The van der Waals surface area contributed by atoms with Crippen LogP contribution in [0.3, 0.4) is 0 Å². The van der Waals surface area contributed by atoms with Crippen molar-refractivity contribution < 1.29 is 19.5 Å². The highest BCUT2D eigenvalue weighted by atomic mass is 16.4. The summed E-state index contributed by atoms with van der Waals surface area (Å²) in [5.74, 6) is -1.11. The van der Waals surface area contributed by atoms with E-state index in [1.165, 1.54) is 4.90 Å². The van der Waals surface area contributed by atoms with Crippen LogP contribution in [0.2, 0.25) is 0 Å². The number of nitrogens with one attached hydrogen (secondary N) is 2. The fourth-order valence-corrected chi connectivity index (χ4v) is 1.88. The standard InChI is InChI=1S/C12H21N3O4/c1-2-3-4-9(11(17)18)14-12(19)15-7-5-10(16)13-6-8-15/h9H,2-8H2,1H3,(H,13,16)(H,14,19)(H,17,18)/t9-/m0/s1. The smallest absolute Gasteiger partial charge is 0.326 e. The van der Waals surface area contributed by atoms with E-state index < -0.39 is 18.0 Å². The van der Waals surface area contributed by atoms with E-state index in [0.717, 1.165) is 12.8 Å². The maximum Gasteiger partial charge on any atom is 0.326 e. The molecule has 1 saturated heterocycles. The minimum Gasteiger partial charge on any atom is -0.480 e. The fourth-order valence-electron chi connectivity index (χ4n) is 1.88. The van der Waals surface area contributed by atoms with Crippen LogP contribution in [-0.2, 0) is 9.59 Å². The van der Waals surface area contributed by atoms with Gasteiger partial charge in [0.15, 0.2) is 0 Å². The number of nitrogens with zero attached hydrogens (tertiary/aromatic N) is 1. The second kappa shape index (κ2) is 7.60. The molecule has 7 nitrogen and oxygen atoms in total. The molecule has 1 atom stereocenters. The van der Waals surface area contributed by atoms with Crippen LogP contribution in [0.15, 0.2) is 0 Å². The van der Waals surface area contributed by atoms with Crippen LogP contribution in [-0.4, -0.2) is 53.6 Å². The van der Waals surface area contributed by atoms with Crippen molar-refractivity contribution in [2.75, 3.05) is 19.6 Å². The molecule has 108 valence electrons. The maximum absolute atomic E-state index is 11.9. The van der Waals surface area contributed by atoms with Gasteiger partial charge in [0, 0.05) is 26.1 Å². The van der Waals surface area contributed by atoms with Gasteiger partial charge in [0.05, 0.1) is 0 Å². The molecule has 0 saturated carbocycles. The summed E-state index contributed by atoms with van der Waals surface area (Å²) >= 11 is 0. The SMILES string of the molecule is CCCC[C@H](NC(=O)N1CCNC(=O)CC1)C(=O)O. The predicted molar refractivity (Wildman–Crippen MR) is 68.7 cm³/mol. The molecule has 3 N–H and O–H groups in total. The normalized spacial score (nSPS) is 17.3. The Morgan fingerprint density at radius 2 is 2.21 bits per heavy atom. The van der Waals surface area contributed by atoms with Crippen molar-refractivity contribution >= 4 is 17.9 Å². The average molecular weight is 271 g/mol. The van der Waals surface area contributed by atoms with Crippen molar-refractivity contribution in [3.05, 3.63) is 0 Å². The molecule has 1 rings (SSSR count). The first-order chi connectivity index (χ1) is 9.04. The molecule has 0 aromatic heterocycles. The van der Waals surface area contributed by atoms with Crippen LogP contribution in [0.25, 0.3) is 0 Å². The molecule has 7 heteroatoms. The van der Waals surface area contributed by atoms with E-state index in [9.17, 15) is 14.4 Å². The van der Waals surface area contributed by atoms with Crippen LogP contribution >= 0.6 is 0 Å². The number of urea groups is 1. The van der Waals surface area contributed by atoms with Crippen LogP contribution in [0.5, 0.6) is 0 Å². The zero-order chi connectivity index (χ0) is 14.3. The average Bonchev–Trinajstić information content (AvgIpc) is 2.58. The van der Waals surface area contributed by atoms with Crippen molar-refractivity contribution in [1.82, 2.24) is 15.5 Å². The number of carboxylic acid groups (broad SMARTS) is 1. The molecule has 0 radical (unpaired) electrons. The quantitative estimate of drug-likeness (QED) is 0.663. The molecule has 19 heavy (non-hydrogen) atoms. The highest BCUT2D eigenvalue weighted by Crippen LogP contribution is 2.03. The van der Waals surface area contributed by atoms with Crippen molar-refractivity contribution in [2.45, 2.75) is 38.6 Å². The number of carboxylic acids is 1. The van der Waals surface area contributed by atoms with Crippen molar-refractivity contribution in [2.24, 2.45) is 0 Å². The highest BCUT2D eigenvalue weighted by Gasteiger charge is 2.24. The summed E-state index contributed by atoms with van der Waals surface area (Å²) in [6, 6.07) is -1.28. The summed E-state index contributed by atoms with van der Waals surface area (Å²) in [5, 5.41) is 14.2. The van der Waals surface area contributed by atoms with Gasteiger partial charge in [-0.25, -0.2) is 9.59 Å². The van der Waals surface area contributed by atoms with Crippen LogP contribution in [0.4, 0.5) is 4.79 Å². The summed E-state index contributed by atoms with van der Waals surface area (Å²) in [4.78, 5) is 35.6. The van der Waals surface area contributed by atoms with E-state index in [2.05, 4.69) is 10.6 Å². The van der Waals surface area contributed by atoms with Gasteiger partial charge < -0.3 is 20.6 Å². The number of hydrogen-bond donors (Lipinski definition) is 3. The Bertz CT molecular complexity index is 346. The van der Waals surface area contributed by atoms with Gasteiger partial charge in [-0.05, 0) is 6.42 Å². The molecule has 3 amide bonds. The number of amides is 3. The van der Waals surface area contributed by atoms with Crippen LogP contribution in [0, 0.1) is 0 Å². The van der Waals surface area contributed by atoms with Gasteiger partial charge in [0.2, 0.25) is 5.91 Å². The summed E-state index contributed by atoms with van der Waals surface area (Å²) in [6.45, 7) is 3.08. The Balaban J connectivity index is 2.50. The maximum atomic E-state index is 11.9. The first-order valence-corrected chi connectivity index (χ1v) is 6.59. The molecule has 0 unspecified atom stereocenters. The third-order valence-electron chi connectivity index (χ3n) is 3.04. The van der Waals surface area contributed by atoms with Gasteiger partial charge in [-0.1, -0.05) is 19.8 Å². The Labute approximate surface area is 112 Å². The molecular formula is C12H21N3O4. The first-order valence-electron chi connectivity index (χ1n) is 6.59. The Morgan fingerprint density at radius 3 is 2.84 bits per heavy atom. The molecule has 0 aromatic carbocycles. The Morgan fingerprint density at radius 1 is 1.47 bits per heavy atom. The van der Waals surface area contributed by atoms with Crippen molar-refractivity contribution in [3.8, 4) is 0 Å². The van der Waals surface area contributed by atoms with Gasteiger partial charge in [-0.2, -0.15) is 0 Å². The van der Waals surface area contributed by atoms with E-state index in [-0.39, 0.29) is 12.3 Å².